The third kappa shape index (κ3) is 6.95. The molecule has 2 nitrogen and oxygen atoms in total. The van der Waals surface area contributed by atoms with Gasteiger partial charge in [-0.1, -0.05) is 31.6 Å². The molecule has 0 fully saturated rings. The molecule has 0 aliphatic heterocycles. The lowest BCUT2D eigenvalue weighted by molar-refractivity contribution is -0.144. The van der Waals surface area contributed by atoms with Gasteiger partial charge < -0.3 is 4.74 Å². The zero-order valence-electron chi connectivity index (χ0n) is 10.1. The number of hydrogen-bond acceptors (Lipinski definition) is 2. The van der Waals surface area contributed by atoms with Crippen LogP contribution in [0.5, 0.6) is 0 Å². The first-order chi connectivity index (χ1) is 7.11. The van der Waals surface area contributed by atoms with E-state index in [1.807, 2.05) is 6.08 Å². The molecule has 0 aromatic heterocycles. The van der Waals surface area contributed by atoms with Gasteiger partial charge in [0.15, 0.2) is 0 Å². The lowest BCUT2D eigenvalue weighted by Crippen LogP contribution is -2.11. The van der Waals surface area contributed by atoms with Crippen LogP contribution in [0.4, 0.5) is 0 Å². The number of carbonyl (C=O) groups excluding carboxylic acids is 1. The summed E-state index contributed by atoms with van der Waals surface area (Å²) in [5.74, 6) is 0.186. The topological polar surface area (TPSA) is 26.3 Å². The monoisotopic (exact) mass is 210 g/mol. The van der Waals surface area contributed by atoms with Crippen molar-refractivity contribution in [3.8, 4) is 0 Å². The van der Waals surface area contributed by atoms with Crippen LogP contribution in [0.3, 0.4) is 0 Å². The highest BCUT2D eigenvalue weighted by Crippen LogP contribution is 2.12. The van der Waals surface area contributed by atoms with E-state index >= 15 is 0 Å². The summed E-state index contributed by atoms with van der Waals surface area (Å²) in [5, 5.41) is 0. The average Bonchev–Trinajstić information content (AvgIpc) is 2.25. The Morgan fingerprint density at radius 3 is 2.67 bits per heavy atom. The van der Waals surface area contributed by atoms with Crippen molar-refractivity contribution >= 4 is 5.97 Å². The van der Waals surface area contributed by atoms with Crippen molar-refractivity contribution in [3.05, 3.63) is 24.3 Å². The molecule has 0 rings (SSSR count). The minimum absolute atomic E-state index is 0.124. The van der Waals surface area contributed by atoms with E-state index in [0.717, 1.165) is 12.8 Å². The Labute approximate surface area is 93.0 Å². The molecule has 0 aromatic carbocycles. The van der Waals surface area contributed by atoms with Crippen LogP contribution in [0.15, 0.2) is 24.3 Å². The second-order valence-electron chi connectivity index (χ2n) is 3.75. The molecule has 0 heterocycles. The minimum atomic E-state index is -0.124. The van der Waals surface area contributed by atoms with Gasteiger partial charge in [0, 0.05) is 12.3 Å². The molecule has 0 saturated heterocycles. The number of carbonyl (C=O) groups is 1. The van der Waals surface area contributed by atoms with Gasteiger partial charge in [0.05, 0.1) is 6.61 Å². The molecule has 0 amide bonds. The summed E-state index contributed by atoms with van der Waals surface area (Å²) >= 11 is 0. The average molecular weight is 210 g/mol. The van der Waals surface area contributed by atoms with E-state index in [4.69, 9.17) is 4.74 Å². The molecule has 86 valence electrons. The number of esters is 1. The van der Waals surface area contributed by atoms with Gasteiger partial charge in [-0.15, -0.1) is 6.58 Å². The van der Waals surface area contributed by atoms with Gasteiger partial charge in [-0.25, -0.2) is 0 Å². The first kappa shape index (κ1) is 13.9. The molecular formula is C13H22O2. The number of unbranched alkanes of at least 4 members (excludes halogenated alkanes) is 1. The van der Waals surface area contributed by atoms with Crippen LogP contribution in [0.2, 0.25) is 0 Å². The Balaban J connectivity index is 3.86. The van der Waals surface area contributed by atoms with Gasteiger partial charge in [0.25, 0.3) is 0 Å². The van der Waals surface area contributed by atoms with Gasteiger partial charge in [0.1, 0.15) is 0 Å². The highest BCUT2D eigenvalue weighted by atomic mass is 16.5. The van der Waals surface area contributed by atoms with Crippen molar-refractivity contribution in [1.82, 2.24) is 0 Å². The van der Waals surface area contributed by atoms with Crippen LogP contribution in [0.25, 0.3) is 0 Å². The lowest BCUT2D eigenvalue weighted by atomic mass is 10.0. The Morgan fingerprint density at radius 1 is 1.47 bits per heavy atom. The van der Waals surface area contributed by atoms with E-state index in [1.54, 1.807) is 6.92 Å². The van der Waals surface area contributed by atoms with Crippen LogP contribution < -0.4 is 0 Å². The second kappa shape index (κ2) is 8.27. The zero-order chi connectivity index (χ0) is 11.7. The Hall–Kier alpha value is -1.05. The SMILES string of the molecule is C=CCC/C=C(\C)C(C)COC(=O)CC. The van der Waals surface area contributed by atoms with Crippen molar-refractivity contribution in [2.45, 2.75) is 40.0 Å². The summed E-state index contributed by atoms with van der Waals surface area (Å²) in [6.45, 7) is 10.1. The summed E-state index contributed by atoms with van der Waals surface area (Å²) in [6.07, 6.45) is 6.56. The molecule has 1 atom stereocenters. The molecule has 0 radical (unpaired) electrons. The van der Waals surface area contributed by atoms with E-state index < -0.39 is 0 Å². The van der Waals surface area contributed by atoms with Crippen molar-refractivity contribution < 1.29 is 9.53 Å². The van der Waals surface area contributed by atoms with Gasteiger partial charge in [-0.3, -0.25) is 4.79 Å². The largest absolute Gasteiger partial charge is 0.465 e. The summed E-state index contributed by atoms with van der Waals surface area (Å²) in [7, 11) is 0. The van der Waals surface area contributed by atoms with Crippen LogP contribution >= 0.6 is 0 Å². The fourth-order valence-corrected chi connectivity index (χ4v) is 1.08. The Bertz CT molecular complexity index is 229. The highest BCUT2D eigenvalue weighted by molar-refractivity contribution is 5.68. The third-order valence-electron chi connectivity index (χ3n) is 2.40. The van der Waals surface area contributed by atoms with Crippen LogP contribution in [0, 0.1) is 5.92 Å². The first-order valence-electron chi connectivity index (χ1n) is 5.55. The predicted molar refractivity (Wildman–Crippen MR) is 63.6 cm³/mol. The van der Waals surface area contributed by atoms with E-state index in [9.17, 15) is 4.79 Å². The van der Waals surface area contributed by atoms with Crippen molar-refractivity contribution in [2.24, 2.45) is 5.92 Å². The molecule has 0 bridgehead atoms. The number of rotatable bonds is 7. The molecule has 0 spiro atoms. The second-order valence-corrected chi connectivity index (χ2v) is 3.75. The number of allylic oxidation sites excluding steroid dienone is 2. The molecule has 0 aromatic rings. The number of ether oxygens (including phenoxy) is 1. The molecule has 0 N–H and O–H groups in total. The maximum atomic E-state index is 10.9. The Kier molecular flexibility index (Phi) is 7.69. The Morgan fingerprint density at radius 2 is 2.13 bits per heavy atom. The predicted octanol–water partition coefficient (Wildman–Crippen LogP) is 3.49. The standard InChI is InChI=1S/C13H22O2/c1-5-7-8-9-11(3)12(4)10-15-13(14)6-2/h5,9,12H,1,6-8,10H2,2-4H3/b11-9+. The van der Waals surface area contributed by atoms with Gasteiger partial charge >= 0.3 is 5.97 Å². The quantitative estimate of drug-likeness (QED) is 0.365. The van der Waals surface area contributed by atoms with E-state index in [2.05, 4.69) is 26.5 Å². The molecule has 0 aliphatic rings. The lowest BCUT2D eigenvalue weighted by Gasteiger charge is -2.12. The van der Waals surface area contributed by atoms with Crippen LogP contribution in [0.1, 0.15) is 40.0 Å². The molecule has 15 heavy (non-hydrogen) atoms. The van der Waals surface area contributed by atoms with Gasteiger partial charge in [-0.2, -0.15) is 0 Å². The molecular weight excluding hydrogens is 188 g/mol. The zero-order valence-corrected chi connectivity index (χ0v) is 10.1. The maximum Gasteiger partial charge on any atom is 0.305 e. The van der Waals surface area contributed by atoms with E-state index in [1.165, 1.54) is 5.57 Å². The van der Waals surface area contributed by atoms with Crippen LogP contribution in [-0.4, -0.2) is 12.6 Å². The fourth-order valence-electron chi connectivity index (χ4n) is 1.08. The summed E-state index contributed by atoms with van der Waals surface area (Å²) in [5.41, 5.74) is 1.28. The van der Waals surface area contributed by atoms with Crippen LogP contribution in [-0.2, 0) is 9.53 Å². The van der Waals surface area contributed by atoms with Gasteiger partial charge in [0.2, 0.25) is 0 Å². The van der Waals surface area contributed by atoms with Crippen molar-refractivity contribution in [1.29, 1.82) is 0 Å². The minimum Gasteiger partial charge on any atom is -0.465 e. The summed E-state index contributed by atoms with van der Waals surface area (Å²) in [4.78, 5) is 10.9. The van der Waals surface area contributed by atoms with E-state index in [-0.39, 0.29) is 5.97 Å². The fraction of sp³-hybridized carbons (Fsp3) is 0.615. The normalized spacial score (nSPS) is 13.4. The van der Waals surface area contributed by atoms with Crippen molar-refractivity contribution in [2.75, 3.05) is 6.61 Å². The molecule has 0 aliphatic carbocycles. The summed E-state index contributed by atoms with van der Waals surface area (Å²) < 4.78 is 5.08. The first-order valence-corrected chi connectivity index (χ1v) is 5.55. The van der Waals surface area contributed by atoms with Crippen molar-refractivity contribution in [3.63, 3.8) is 0 Å². The maximum absolute atomic E-state index is 10.9. The molecule has 0 saturated carbocycles. The third-order valence-corrected chi connectivity index (χ3v) is 2.40. The highest BCUT2D eigenvalue weighted by Gasteiger charge is 2.06. The van der Waals surface area contributed by atoms with Gasteiger partial charge in [-0.05, 0) is 19.8 Å². The number of hydrogen-bond donors (Lipinski definition) is 0. The summed E-state index contributed by atoms with van der Waals surface area (Å²) in [6, 6.07) is 0. The molecule has 2 heteroatoms. The smallest absolute Gasteiger partial charge is 0.305 e. The molecule has 1 unspecified atom stereocenters. The van der Waals surface area contributed by atoms with E-state index in [0.29, 0.717) is 18.9 Å².